The standard InChI is InChI=1S/C50H32N6.C43H27N5/c1-2-11-37(12-3-1)56-48-25-21-35(30-41(48)50-49(56)17-10-28-53-50)34-20-24-47-40(29-34)39-13-4-5-16-46(39)55(47)38-22-18-33(19-23-38)36-31-44(42-14-6-8-26-51-42)54-45(32-36)43-15-7-9-27-52-43;1-3-12-28(13-4-1)41-33-17-7-9-18-36(33)45-43(46-41)48-37-19-10-8-16-32(37)34-26-29(21-23-38(34)48)30-22-24-39-35(27-30)42-40(20-11-25-44-42)47(39)31-14-5-2-6-15-31/h1-32H;1-27H. The molecule has 0 atom stereocenters. The molecule has 0 bridgehead atoms. The first kappa shape index (κ1) is 59.7. The molecule has 0 aliphatic heterocycles. The van der Waals surface area contributed by atoms with E-state index in [9.17, 15) is 0 Å². The predicted molar refractivity (Wildman–Crippen MR) is 425 cm³/mol. The van der Waals surface area contributed by atoms with Crippen LogP contribution in [0.15, 0.2) is 358 Å². The van der Waals surface area contributed by atoms with E-state index in [2.05, 4.69) is 295 Å². The molecule has 10 aromatic heterocycles. The third-order valence-electron chi connectivity index (χ3n) is 20.1. The summed E-state index contributed by atoms with van der Waals surface area (Å²) in [6, 6.07) is 117. The number of para-hydroxylation sites is 5. The van der Waals surface area contributed by atoms with E-state index < -0.39 is 0 Å². The second-order valence-electron chi connectivity index (χ2n) is 26.1. The molecular weight excluding hydrogens is 1270 g/mol. The van der Waals surface area contributed by atoms with Gasteiger partial charge >= 0.3 is 0 Å². The number of hydrogen-bond acceptors (Lipinski definition) is 7. The number of benzene rings is 11. The number of pyridine rings is 5. The highest BCUT2D eigenvalue weighted by Gasteiger charge is 2.22. The maximum absolute atomic E-state index is 5.23. The monoisotopic (exact) mass is 1330 g/mol. The zero-order valence-electron chi connectivity index (χ0n) is 56.0. The summed E-state index contributed by atoms with van der Waals surface area (Å²) in [6.07, 6.45) is 7.36. The van der Waals surface area contributed by atoms with Gasteiger partial charge in [0.05, 0.1) is 89.2 Å². The van der Waals surface area contributed by atoms with Crippen LogP contribution in [0.2, 0.25) is 0 Å². The number of rotatable bonds is 10. The Bertz CT molecular complexity index is 6830. The summed E-state index contributed by atoms with van der Waals surface area (Å²) >= 11 is 0. The molecule has 21 aromatic rings. The molecule has 0 radical (unpaired) electrons. The van der Waals surface area contributed by atoms with Crippen LogP contribution in [-0.2, 0) is 0 Å². The zero-order chi connectivity index (χ0) is 68.6. The van der Waals surface area contributed by atoms with Crippen molar-refractivity contribution in [2.24, 2.45) is 0 Å². The van der Waals surface area contributed by atoms with Crippen molar-refractivity contribution >= 4 is 98.4 Å². The molecule has 486 valence electrons. The molecule has 0 spiro atoms. The Kier molecular flexibility index (Phi) is 14.3. The van der Waals surface area contributed by atoms with Crippen molar-refractivity contribution in [3.8, 4) is 90.4 Å². The minimum absolute atomic E-state index is 0.660. The summed E-state index contributed by atoms with van der Waals surface area (Å²) in [5.74, 6) is 0.660. The van der Waals surface area contributed by atoms with Gasteiger partial charge in [-0.2, -0.15) is 0 Å². The minimum Gasteiger partial charge on any atom is -0.309 e. The van der Waals surface area contributed by atoms with Crippen LogP contribution in [0.4, 0.5) is 0 Å². The van der Waals surface area contributed by atoms with Gasteiger partial charge in [-0.15, -0.1) is 0 Å². The first-order valence-electron chi connectivity index (χ1n) is 34.8. The maximum atomic E-state index is 5.23. The quantitative estimate of drug-likeness (QED) is 0.134. The lowest BCUT2D eigenvalue weighted by molar-refractivity contribution is 1.01. The normalized spacial score (nSPS) is 11.7. The van der Waals surface area contributed by atoms with E-state index in [0.717, 1.165) is 167 Å². The smallest absolute Gasteiger partial charge is 0.235 e. The highest BCUT2D eigenvalue weighted by Crippen LogP contribution is 2.42. The van der Waals surface area contributed by atoms with Gasteiger partial charge in [0.1, 0.15) is 0 Å². The van der Waals surface area contributed by atoms with Gasteiger partial charge in [-0.25, -0.2) is 15.0 Å². The van der Waals surface area contributed by atoms with Gasteiger partial charge < -0.3 is 13.7 Å². The van der Waals surface area contributed by atoms with Crippen LogP contribution in [0.3, 0.4) is 0 Å². The SMILES string of the molecule is c1ccc(-c2nc(-n3c4ccccc4c4cc(-c5ccc6c(c5)c5ncccc5n6-c5ccccc5)ccc43)nc3ccccc23)cc1.c1ccc(-n2c3ccc(-c4ccc5c(c4)c4ccccc4n5-c4ccc(-c5cc(-c6ccccn6)nc(-c6ccccn6)c5)cc4)cc3c3ncccc32)cc1. The number of aromatic nitrogens is 11. The van der Waals surface area contributed by atoms with Gasteiger partial charge in [-0.1, -0.05) is 170 Å². The van der Waals surface area contributed by atoms with Gasteiger partial charge in [-0.05, 0) is 197 Å². The Balaban J connectivity index is 0.000000140. The molecule has 0 N–H and O–H groups in total. The van der Waals surface area contributed by atoms with Crippen molar-refractivity contribution in [3.05, 3.63) is 358 Å². The Morgan fingerprint density at radius 2 is 0.577 bits per heavy atom. The van der Waals surface area contributed by atoms with Crippen LogP contribution in [0.25, 0.3) is 189 Å². The molecule has 11 heteroatoms. The molecule has 0 unspecified atom stereocenters. The number of hydrogen-bond donors (Lipinski definition) is 0. The first-order chi connectivity index (χ1) is 51.6. The third-order valence-corrected chi connectivity index (χ3v) is 20.1. The van der Waals surface area contributed by atoms with Gasteiger partial charge in [0.15, 0.2) is 0 Å². The maximum Gasteiger partial charge on any atom is 0.235 e. The van der Waals surface area contributed by atoms with Crippen LogP contribution in [-0.4, -0.2) is 53.2 Å². The minimum atomic E-state index is 0.660. The highest BCUT2D eigenvalue weighted by atomic mass is 15.2. The molecule has 104 heavy (non-hydrogen) atoms. The summed E-state index contributed by atoms with van der Waals surface area (Å²) in [5.41, 5.74) is 27.2. The number of fused-ring (bicyclic) bond motifs is 13. The van der Waals surface area contributed by atoms with Crippen LogP contribution < -0.4 is 0 Å². The average Bonchev–Trinajstić information content (AvgIpc) is 1.71. The lowest BCUT2D eigenvalue weighted by Gasteiger charge is -2.12. The Labute approximate surface area is 596 Å². The van der Waals surface area contributed by atoms with Crippen molar-refractivity contribution in [1.29, 1.82) is 0 Å². The fourth-order valence-corrected chi connectivity index (χ4v) is 15.3. The molecule has 11 aromatic carbocycles. The van der Waals surface area contributed by atoms with E-state index in [4.69, 9.17) is 24.9 Å². The Morgan fingerprint density at radius 3 is 1.10 bits per heavy atom. The molecular formula is C93H59N11. The fourth-order valence-electron chi connectivity index (χ4n) is 15.3. The van der Waals surface area contributed by atoms with E-state index in [1.54, 1.807) is 12.4 Å². The van der Waals surface area contributed by atoms with Gasteiger partial charge in [0, 0.05) is 85.1 Å². The van der Waals surface area contributed by atoms with Crippen LogP contribution >= 0.6 is 0 Å². The van der Waals surface area contributed by atoms with Gasteiger partial charge in [-0.3, -0.25) is 24.5 Å². The molecule has 0 aliphatic carbocycles. The van der Waals surface area contributed by atoms with Crippen molar-refractivity contribution in [2.75, 3.05) is 0 Å². The van der Waals surface area contributed by atoms with Gasteiger partial charge in [0.25, 0.3) is 0 Å². The van der Waals surface area contributed by atoms with Crippen LogP contribution in [0, 0.1) is 0 Å². The fraction of sp³-hybridized carbons (Fsp3) is 0. The van der Waals surface area contributed by atoms with E-state index in [0.29, 0.717) is 5.95 Å². The topological polar surface area (TPSA) is 110 Å². The lowest BCUT2D eigenvalue weighted by atomic mass is 10.0. The lowest BCUT2D eigenvalue weighted by Crippen LogP contribution is -2.03. The zero-order valence-corrected chi connectivity index (χ0v) is 56.0. The van der Waals surface area contributed by atoms with Crippen LogP contribution in [0.1, 0.15) is 0 Å². The molecule has 0 saturated heterocycles. The molecule has 0 saturated carbocycles. The molecule has 0 aliphatic rings. The Hall–Kier alpha value is -14.3. The molecule has 11 nitrogen and oxygen atoms in total. The summed E-state index contributed by atoms with van der Waals surface area (Å²) in [7, 11) is 0. The van der Waals surface area contributed by atoms with Crippen molar-refractivity contribution in [3.63, 3.8) is 0 Å². The van der Waals surface area contributed by atoms with E-state index in [1.165, 1.54) is 16.3 Å². The van der Waals surface area contributed by atoms with Crippen LogP contribution in [0.5, 0.6) is 0 Å². The van der Waals surface area contributed by atoms with E-state index in [-0.39, 0.29) is 0 Å². The average molecular weight is 1330 g/mol. The van der Waals surface area contributed by atoms with Crippen molar-refractivity contribution in [2.45, 2.75) is 0 Å². The highest BCUT2D eigenvalue weighted by molar-refractivity contribution is 6.14. The molecule has 10 heterocycles. The van der Waals surface area contributed by atoms with E-state index in [1.807, 2.05) is 79.1 Å². The second-order valence-corrected chi connectivity index (χ2v) is 26.1. The summed E-state index contributed by atoms with van der Waals surface area (Å²) in [4.78, 5) is 34.2. The van der Waals surface area contributed by atoms with Crippen molar-refractivity contribution < 1.29 is 0 Å². The summed E-state index contributed by atoms with van der Waals surface area (Å²) in [5, 5.41) is 8.05. The summed E-state index contributed by atoms with van der Waals surface area (Å²) < 4.78 is 9.17. The largest absolute Gasteiger partial charge is 0.309 e. The first-order valence-corrected chi connectivity index (χ1v) is 34.8. The Morgan fingerprint density at radius 1 is 0.192 bits per heavy atom. The number of nitrogens with zero attached hydrogens (tertiary/aromatic N) is 11. The van der Waals surface area contributed by atoms with Gasteiger partial charge in [0.2, 0.25) is 5.95 Å². The second kappa shape index (κ2) is 24.9. The molecule has 0 fully saturated rings. The molecule has 21 rings (SSSR count). The molecule has 0 amide bonds. The predicted octanol–water partition coefficient (Wildman–Crippen LogP) is 22.7. The summed E-state index contributed by atoms with van der Waals surface area (Å²) in [6.45, 7) is 0. The van der Waals surface area contributed by atoms with Crippen molar-refractivity contribution in [1.82, 2.24) is 53.2 Å². The van der Waals surface area contributed by atoms with E-state index >= 15 is 0 Å². The third kappa shape index (κ3) is 10.2.